The van der Waals surface area contributed by atoms with E-state index in [0.29, 0.717) is 18.2 Å². The van der Waals surface area contributed by atoms with Crippen LogP contribution in [0.15, 0.2) is 24.3 Å². The highest BCUT2D eigenvalue weighted by Crippen LogP contribution is 2.29. The second-order valence-electron chi connectivity index (χ2n) is 5.26. The van der Waals surface area contributed by atoms with E-state index in [4.69, 9.17) is 22.1 Å². The molecular weight excluding hydrogens is 264 g/mol. The predicted molar refractivity (Wildman–Crippen MR) is 74.9 cm³/mol. The molecule has 1 amide bonds. The lowest BCUT2D eigenvalue weighted by molar-refractivity contribution is -0.131. The van der Waals surface area contributed by atoms with Crippen LogP contribution in [0.5, 0.6) is 0 Å². The van der Waals surface area contributed by atoms with Crippen molar-refractivity contribution in [1.82, 2.24) is 5.32 Å². The molecule has 2 unspecified atom stereocenters. The molecule has 1 heterocycles. The van der Waals surface area contributed by atoms with E-state index in [1.54, 1.807) is 0 Å². The standard InChI is InChI=1S/C14H19ClN2O2/c1-9(10-5-3-4-6-11(10)15)17-13(18)14(2)8-19-7-12(14)16/h3-6,9,12H,7-8,16H2,1-2H3,(H,17,18)/t9-,12?,14?/m1/s1. The van der Waals surface area contributed by atoms with Crippen molar-refractivity contribution in [1.29, 1.82) is 0 Å². The van der Waals surface area contributed by atoms with Gasteiger partial charge in [-0.3, -0.25) is 4.79 Å². The number of nitrogens with two attached hydrogens (primary N) is 1. The van der Waals surface area contributed by atoms with Crippen molar-refractivity contribution >= 4 is 17.5 Å². The Balaban J connectivity index is 2.09. The first-order valence-electron chi connectivity index (χ1n) is 6.34. The summed E-state index contributed by atoms with van der Waals surface area (Å²) in [5.74, 6) is -0.0927. The van der Waals surface area contributed by atoms with E-state index >= 15 is 0 Å². The molecule has 1 saturated heterocycles. The molecule has 0 radical (unpaired) electrons. The Labute approximate surface area is 118 Å². The fourth-order valence-corrected chi connectivity index (χ4v) is 2.49. The van der Waals surface area contributed by atoms with Gasteiger partial charge in [-0.05, 0) is 25.5 Å². The van der Waals surface area contributed by atoms with Crippen LogP contribution in [0.3, 0.4) is 0 Å². The largest absolute Gasteiger partial charge is 0.379 e. The minimum absolute atomic E-state index is 0.0927. The molecule has 0 bridgehead atoms. The number of amides is 1. The van der Waals surface area contributed by atoms with Crippen LogP contribution < -0.4 is 11.1 Å². The highest BCUT2D eigenvalue weighted by Gasteiger charge is 2.44. The Morgan fingerprint density at radius 2 is 2.26 bits per heavy atom. The zero-order valence-electron chi connectivity index (χ0n) is 11.2. The molecule has 3 N–H and O–H groups in total. The van der Waals surface area contributed by atoms with Gasteiger partial charge < -0.3 is 15.8 Å². The van der Waals surface area contributed by atoms with Crippen molar-refractivity contribution in [2.45, 2.75) is 25.9 Å². The van der Waals surface area contributed by atoms with E-state index in [9.17, 15) is 4.79 Å². The Kier molecular flexibility index (Phi) is 4.13. The number of rotatable bonds is 3. The van der Waals surface area contributed by atoms with Crippen LogP contribution >= 0.6 is 11.6 Å². The summed E-state index contributed by atoms with van der Waals surface area (Å²) in [5, 5.41) is 3.61. The number of halogens is 1. The van der Waals surface area contributed by atoms with Crippen LogP contribution in [-0.2, 0) is 9.53 Å². The molecule has 2 rings (SSSR count). The third-order valence-corrected chi connectivity index (χ3v) is 4.10. The number of carbonyl (C=O) groups excluding carboxylic acids is 1. The number of hydrogen-bond donors (Lipinski definition) is 2. The van der Waals surface area contributed by atoms with Crippen LogP contribution in [0.4, 0.5) is 0 Å². The van der Waals surface area contributed by atoms with E-state index in [0.717, 1.165) is 5.56 Å². The first-order valence-corrected chi connectivity index (χ1v) is 6.71. The van der Waals surface area contributed by atoms with Crippen molar-refractivity contribution in [2.75, 3.05) is 13.2 Å². The fourth-order valence-electron chi connectivity index (χ4n) is 2.19. The van der Waals surface area contributed by atoms with E-state index < -0.39 is 5.41 Å². The van der Waals surface area contributed by atoms with E-state index in [1.165, 1.54) is 0 Å². The van der Waals surface area contributed by atoms with Gasteiger partial charge in [0.05, 0.1) is 24.7 Å². The monoisotopic (exact) mass is 282 g/mol. The number of carbonyl (C=O) groups is 1. The molecule has 0 aliphatic carbocycles. The molecule has 0 aromatic heterocycles. The van der Waals surface area contributed by atoms with Gasteiger partial charge in [0.15, 0.2) is 0 Å². The van der Waals surface area contributed by atoms with Crippen LogP contribution in [0.2, 0.25) is 5.02 Å². The first-order chi connectivity index (χ1) is 8.95. The Morgan fingerprint density at radius 3 is 2.84 bits per heavy atom. The van der Waals surface area contributed by atoms with Crippen LogP contribution in [0.25, 0.3) is 0 Å². The number of hydrogen-bond acceptors (Lipinski definition) is 3. The third kappa shape index (κ3) is 2.76. The van der Waals surface area contributed by atoms with Gasteiger partial charge in [0.25, 0.3) is 0 Å². The summed E-state index contributed by atoms with van der Waals surface area (Å²) in [5.41, 5.74) is 6.17. The quantitative estimate of drug-likeness (QED) is 0.890. The molecule has 1 aromatic rings. The first kappa shape index (κ1) is 14.3. The molecule has 1 aliphatic heterocycles. The van der Waals surface area contributed by atoms with Gasteiger partial charge in [0.1, 0.15) is 0 Å². The van der Waals surface area contributed by atoms with Crippen molar-refractivity contribution in [3.05, 3.63) is 34.9 Å². The molecule has 3 atom stereocenters. The van der Waals surface area contributed by atoms with Crippen LogP contribution in [-0.4, -0.2) is 25.2 Å². The summed E-state index contributed by atoms with van der Waals surface area (Å²) < 4.78 is 5.29. The highest BCUT2D eigenvalue weighted by molar-refractivity contribution is 6.31. The molecule has 0 spiro atoms. The van der Waals surface area contributed by atoms with E-state index in [-0.39, 0.29) is 18.0 Å². The molecule has 1 aliphatic rings. The van der Waals surface area contributed by atoms with E-state index in [2.05, 4.69) is 5.32 Å². The van der Waals surface area contributed by atoms with Gasteiger partial charge in [0.2, 0.25) is 5.91 Å². The number of nitrogens with one attached hydrogen (secondary N) is 1. The Bertz CT molecular complexity index is 480. The van der Waals surface area contributed by atoms with Gasteiger partial charge >= 0.3 is 0 Å². The van der Waals surface area contributed by atoms with Crippen molar-refractivity contribution in [3.8, 4) is 0 Å². The minimum atomic E-state index is -0.671. The summed E-state index contributed by atoms with van der Waals surface area (Å²) in [6.45, 7) is 4.52. The van der Waals surface area contributed by atoms with Crippen molar-refractivity contribution < 1.29 is 9.53 Å². The van der Waals surface area contributed by atoms with Gasteiger partial charge in [-0.15, -0.1) is 0 Å². The third-order valence-electron chi connectivity index (χ3n) is 3.76. The second-order valence-corrected chi connectivity index (χ2v) is 5.66. The number of benzene rings is 1. The normalized spacial score (nSPS) is 28.1. The van der Waals surface area contributed by atoms with Crippen LogP contribution in [0, 0.1) is 5.41 Å². The predicted octanol–water partition coefficient (Wildman–Crippen LogP) is 1.88. The lowest BCUT2D eigenvalue weighted by atomic mass is 9.84. The molecule has 104 valence electrons. The summed E-state index contributed by atoms with van der Waals surface area (Å²) in [4.78, 5) is 12.4. The summed E-state index contributed by atoms with van der Waals surface area (Å²) in [6.07, 6.45) is 0. The van der Waals surface area contributed by atoms with E-state index in [1.807, 2.05) is 38.1 Å². The van der Waals surface area contributed by atoms with Gasteiger partial charge in [-0.2, -0.15) is 0 Å². The molecule has 19 heavy (non-hydrogen) atoms. The average Bonchev–Trinajstić information content (AvgIpc) is 2.71. The molecule has 1 fully saturated rings. The zero-order valence-corrected chi connectivity index (χ0v) is 11.9. The molecule has 1 aromatic carbocycles. The topological polar surface area (TPSA) is 64.3 Å². The van der Waals surface area contributed by atoms with Crippen LogP contribution in [0.1, 0.15) is 25.5 Å². The van der Waals surface area contributed by atoms with Crippen molar-refractivity contribution in [3.63, 3.8) is 0 Å². The summed E-state index contributed by atoms with van der Waals surface area (Å²) >= 11 is 6.12. The number of ether oxygens (including phenoxy) is 1. The average molecular weight is 283 g/mol. The van der Waals surface area contributed by atoms with Crippen molar-refractivity contribution in [2.24, 2.45) is 11.1 Å². The minimum Gasteiger partial charge on any atom is -0.379 e. The Hall–Kier alpha value is -1.10. The molecular formula is C14H19ClN2O2. The fraction of sp³-hybridized carbons (Fsp3) is 0.500. The SMILES string of the molecule is C[C@@H](NC(=O)C1(C)COCC1N)c1ccccc1Cl. The zero-order chi connectivity index (χ0) is 14.0. The second kappa shape index (κ2) is 5.49. The lowest BCUT2D eigenvalue weighted by Crippen LogP contribution is -2.50. The highest BCUT2D eigenvalue weighted by atomic mass is 35.5. The molecule has 0 saturated carbocycles. The molecule has 4 nitrogen and oxygen atoms in total. The molecule has 5 heteroatoms. The van der Waals surface area contributed by atoms with Gasteiger partial charge in [0, 0.05) is 11.1 Å². The van der Waals surface area contributed by atoms with Gasteiger partial charge in [-0.25, -0.2) is 0 Å². The summed E-state index contributed by atoms with van der Waals surface area (Å²) in [7, 11) is 0. The maximum Gasteiger partial charge on any atom is 0.230 e. The smallest absolute Gasteiger partial charge is 0.230 e. The van der Waals surface area contributed by atoms with Gasteiger partial charge in [-0.1, -0.05) is 29.8 Å². The summed E-state index contributed by atoms with van der Waals surface area (Å²) in [6, 6.07) is 7.04. The Morgan fingerprint density at radius 1 is 1.58 bits per heavy atom. The maximum atomic E-state index is 12.4. The lowest BCUT2D eigenvalue weighted by Gasteiger charge is -2.28. The maximum absolute atomic E-state index is 12.4.